The zero-order valence-electron chi connectivity index (χ0n) is 13.5. The molecule has 2 atom stereocenters. The summed E-state index contributed by atoms with van der Waals surface area (Å²) in [4.78, 5) is 27.6. The van der Waals surface area contributed by atoms with Gasteiger partial charge in [-0.05, 0) is 25.1 Å². The molecule has 3 aliphatic rings. The topological polar surface area (TPSA) is 67.9 Å². The van der Waals surface area contributed by atoms with Crippen LogP contribution in [0.2, 0.25) is 0 Å². The number of ether oxygens (including phenoxy) is 2. The Morgan fingerprint density at radius 3 is 3.08 bits per heavy atom. The van der Waals surface area contributed by atoms with Crippen molar-refractivity contribution in [2.45, 2.75) is 29.1 Å². The summed E-state index contributed by atoms with van der Waals surface area (Å²) in [7, 11) is 0. The van der Waals surface area contributed by atoms with E-state index in [1.165, 1.54) is 11.8 Å². The number of carbonyl (C=O) groups is 2. The largest absolute Gasteiger partial charge is 0.378 e. The van der Waals surface area contributed by atoms with Crippen LogP contribution in [0, 0.1) is 0 Å². The van der Waals surface area contributed by atoms with Gasteiger partial charge in [0, 0.05) is 30.0 Å². The van der Waals surface area contributed by atoms with E-state index in [2.05, 4.69) is 5.32 Å². The average molecular weight is 348 g/mol. The van der Waals surface area contributed by atoms with E-state index >= 15 is 0 Å². The summed E-state index contributed by atoms with van der Waals surface area (Å²) in [5.74, 6) is -0.0456. The maximum absolute atomic E-state index is 12.9. The van der Waals surface area contributed by atoms with E-state index in [1.807, 2.05) is 24.0 Å². The van der Waals surface area contributed by atoms with E-state index in [-0.39, 0.29) is 22.7 Å². The number of amides is 2. The Morgan fingerprint density at radius 1 is 1.42 bits per heavy atom. The Bertz CT molecular complexity index is 687. The SMILES string of the molecule is C[C@H]1Sc2ccc(C(=O)N3CCO[C@]4(CCOC4)C3)cc2NC1=O. The van der Waals surface area contributed by atoms with Crippen LogP contribution in [0.25, 0.3) is 0 Å². The molecule has 1 spiro atoms. The molecule has 24 heavy (non-hydrogen) atoms. The number of fused-ring (bicyclic) bond motifs is 1. The van der Waals surface area contributed by atoms with E-state index in [4.69, 9.17) is 9.47 Å². The molecule has 0 radical (unpaired) electrons. The van der Waals surface area contributed by atoms with Crippen LogP contribution >= 0.6 is 11.8 Å². The number of rotatable bonds is 1. The van der Waals surface area contributed by atoms with Crippen LogP contribution in [0.3, 0.4) is 0 Å². The Morgan fingerprint density at radius 2 is 2.29 bits per heavy atom. The number of carbonyl (C=O) groups excluding carboxylic acids is 2. The number of benzene rings is 1. The number of hydrogen-bond donors (Lipinski definition) is 1. The van der Waals surface area contributed by atoms with Crippen LogP contribution in [-0.4, -0.2) is 60.5 Å². The van der Waals surface area contributed by atoms with Gasteiger partial charge in [0.2, 0.25) is 5.91 Å². The summed E-state index contributed by atoms with van der Waals surface area (Å²) in [5, 5.41) is 2.77. The first-order valence-electron chi connectivity index (χ1n) is 8.19. The van der Waals surface area contributed by atoms with Gasteiger partial charge in [0.15, 0.2) is 0 Å². The number of morpholine rings is 1. The fourth-order valence-electron chi connectivity index (χ4n) is 3.37. The number of nitrogens with one attached hydrogen (secondary N) is 1. The van der Waals surface area contributed by atoms with E-state index in [1.54, 1.807) is 6.07 Å². The highest BCUT2D eigenvalue weighted by Gasteiger charge is 2.41. The maximum Gasteiger partial charge on any atom is 0.254 e. The lowest BCUT2D eigenvalue weighted by molar-refractivity contribution is -0.115. The molecular formula is C17H20N2O4S. The minimum atomic E-state index is -0.346. The molecule has 1 N–H and O–H groups in total. The fourth-order valence-corrected chi connectivity index (χ4v) is 4.30. The van der Waals surface area contributed by atoms with Crippen LogP contribution in [0.15, 0.2) is 23.1 Å². The molecule has 0 aromatic heterocycles. The standard InChI is InChI=1S/C17H20N2O4S/c1-11-15(20)18-13-8-12(2-3-14(13)24-11)16(21)19-5-7-23-17(9-19)4-6-22-10-17/h2-3,8,11H,4-7,9-10H2,1H3,(H,18,20)/t11-,17-/m1/s1. The number of nitrogens with zero attached hydrogens (tertiary/aromatic N) is 1. The van der Waals surface area contributed by atoms with Crippen LogP contribution in [0.5, 0.6) is 0 Å². The number of anilines is 1. The molecule has 2 fully saturated rings. The van der Waals surface area contributed by atoms with Gasteiger partial charge in [-0.25, -0.2) is 0 Å². The molecule has 4 rings (SSSR count). The van der Waals surface area contributed by atoms with Gasteiger partial charge in [-0.3, -0.25) is 9.59 Å². The minimum absolute atomic E-state index is 0.0227. The number of thioether (sulfide) groups is 1. The molecule has 1 aromatic rings. The van der Waals surface area contributed by atoms with Crippen molar-refractivity contribution >= 4 is 29.3 Å². The summed E-state index contributed by atoms with van der Waals surface area (Å²) in [6.45, 7) is 4.77. The molecule has 2 amide bonds. The van der Waals surface area contributed by atoms with Crippen molar-refractivity contribution in [1.29, 1.82) is 0 Å². The summed E-state index contributed by atoms with van der Waals surface area (Å²) in [5.41, 5.74) is 0.975. The van der Waals surface area contributed by atoms with Crippen molar-refractivity contribution in [2.24, 2.45) is 0 Å². The van der Waals surface area contributed by atoms with Crippen molar-refractivity contribution in [1.82, 2.24) is 4.90 Å². The summed E-state index contributed by atoms with van der Waals surface area (Å²) >= 11 is 1.52. The second-order valence-corrected chi connectivity index (χ2v) is 7.90. The van der Waals surface area contributed by atoms with Gasteiger partial charge in [0.05, 0.1) is 30.7 Å². The van der Waals surface area contributed by atoms with E-state index in [0.717, 1.165) is 17.0 Å². The third-order valence-corrected chi connectivity index (χ3v) is 5.94. The molecule has 0 saturated carbocycles. The first-order chi connectivity index (χ1) is 11.6. The normalized spacial score (nSPS) is 29.5. The predicted octanol–water partition coefficient (Wildman–Crippen LogP) is 1.75. The molecule has 6 nitrogen and oxygen atoms in total. The zero-order valence-corrected chi connectivity index (χ0v) is 14.4. The van der Waals surface area contributed by atoms with Crippen LogP contribution in [-0.2, 0) is 14.3 Å². The second-order valence-electron chi connectivity index (χ2n) is 6.52. The van der Waals surface area contributed by atoms with Crippen molar-refractivity contribution in [3.63, 3.8) is 0 Å². The van der Waals surface area contributed by atoms with E-state index in [9.17, 15) is 9.59 Å². The van der Waals surface area contributed by atoms with Crippen LogP contribution < -0.4 is 5.32 Å². The van der Waals surface area contributed by atoms with Crippen molar-refractivity contribution in [3.8, 4) is 0 Å². The summed E-state index contributed by atoms with van der Waals surface area (Å²) < 4.78 is 11.3. The smallest absolute Gasteiger partial charge is 0.254 e. The molecule has 1 aromatic carbocycles. The lowest BCUT2D eigenvalue weighted by Crippen LogP contribution is -2.54. The zero-order chi connectivity index (χ0) is 16.7. The molecule has 2 saturated heterocycles. The highest BCUT2D eigenvalue weighted by Crippen LogP contribution is 2.36. The Hall–Kier alpha value is -1.57. The van der Waals surface area contributed by atoms with Crippen molar-refractivity contribution in [2.75, 3.05) is 38.2 Å². The van der Waals surface area contributed by atoms with Gasteiger partial charge in [0.1, 0.15) is 5.60 Å². The molecule has 0 unspecified atom stereocenters. The van der Waals surface area contributed by atoms with Crippen molar-refractivity contribution in [3.05, 3.63) is 23.8 Å². The van der Waals surface area contributed by atoms with Gasteiger partial charge in [0.25, 0.3) is 5.91 Å². The van der Waals surface area contributed by atoms with Gasteiger partial charge < -0.3 is 19.7 Å². The third-order valence-electron chi connectivity index (χ3n) is 4.76. The van der Waals surface area contributed by atoms with Crippen molar-refractivity contribution < 1.29 is 19.1 Å². The summed E-state index contributed by atoms with van der Waals surface area (Å²) in [6.07, 6.45) is 0.825. The quantitative estimate of drug-likeness (QED) is 0.837. The molecule has 0 aliphatic carbocycles. The summed E-state index contributed by atoms with van der Waals surface area (Å²) in [6, 6.07) is 5.53. The average Bonchev–Trinajstić information content (AvgIpc) is 3.02. The van der Waals surface area contributed by atoms with E-state index < -0.39 is 0 Å². The first-order valence-corrected chi connectivity index (χ1v) is 9.07. The van der Waals surface area contributed by atoms with Crippen LogP contribution in [0.4, 0.5) is 5.69 Å². The Kier molecular flexibility index (Phi) is 4.02. The maximum atomic E-state index is 12.9. The fraction of sp³-hybridized carbons (Fsp3) is 0.529. The van der Waals surface area contributed by atoms with Crippen LogP contribution in [0.1, 0.15) is 23.7 Å². The predicted molar refractivity (Wildman–Crippen MR) is 90.4 cm³/mol. The molecule has 3 aliphatic heterocycles. The molecule has 3 heterocycles. The third kappa shape index (κ3) is 2.81. The molecule has 128 valence electrons. The molecule has 0 bridgehead atoms. The van der Waals surface area contributed by atoms with Gasteiger partial charge >= 0.3 is 0 Å². The Balaban J connectivity index is 1.54. The minimum Gasteiger partial charge on any atom is -0.378 e. The Labute approximate surface area is 144 Å². The van der Waals surface area contributed by atoms with Gasteiger partial charge in [-0.2, -0.15) is 0 Å². The lowest BCUT2D eigenvalue weighted by atomic mass is 10.00. The number of hydrogen-bond acceptors (Lipinski definition) is 5. The monoisotopic (exact) mass is 348 g/mol. The van der Waals surface area contributed by atoms with E-state index in [0.29, 0.717) is 38.5 Å². The highest BCUT2D eigenvalue weighted by atomic mass is 32.2. The van der Waals surface area contributed by atoms with Gasteiger partial charge in [-0.1, -0.05) is 0 Å². The second kappa shape index (κ2) is 6.06. The highest BCUT2D eigenvalue weighted by molar-refractivity contribution is 8.00. The lowest BCUT2D eigenvalue weighted by Gasteiger charge is -2.39. The molecule has 7 heteroatoms. The first kappa shape index (κ1) is 15.9. The van der Waals surface area contributed by atoms with Gasteiger partial charge in [-0.15, -0.1) is 11.8 Å². The molecular weight excluding hydrogens is 328 g/mol.